The van der Waals surface area contributed by atoms with Gasteiger partial charge in [-0.05, 0) is 24.5 Å². The van der Waals surface area contributed by atoms with Crippen LogP contribution in [0, 0.1) is 11.3 Å². The summed E-state index contributed by atoms with van der Waals surface area (Å²) in [6, 6.07) is 10.1. The number of carbonyl (C=O) groups excluding carboxylic acids is 1. The van der Waals surface area contributed by atoms with Crippen molar-refractivity contribution in [3.63, 3.8) is 0 Å². The lowest BCUT2D eigenvalue weighted by atomic mass is 10.1. The van der Waals surface area contributed by atoms with E-state index in [0.717, 1.165) is 24.8 Å². The molecule has 0 unspecified atom stereocenters. The number of H-pyrrole nitrogens is 1. The largest absolute Gasteiger partial charge is 0.389 e. The van der Waals surface area contributed by atoms with E-state index in [1.165, 1.54) is 17.1 Å². The van der Waals surface area contributed by atoms with Crippen molar-refractivity contribution < 1.29 is 4.79 Å². The van der Waals surface area contributed by atoms with Gasteiger partial charge in [-0.2, -0.15) is 5.26 Å². The first-order valence-electron chi connectivity index (χ1n) is 7.93. The van der Waals surface area contributed by atoms with Gasteiger partial charge in [0.2, 0.25) is 0 Å². The normalized spacial score (nSPS) is 11.2. The topological polar surface area (TPSA) is 80.7 Å². The zero-order valence-electron chi connectivity index (χ0n) is 13.4. The number of unbranched alkanes of at least 4 members (excludes halogenated alkanes) is 1. The van der Waals surface area contributed by atoms with Crippen molar-refractivity contribution in [1.29, 1.82) is 5.26 Å². The van der Waals surface area contributed by atoms with E-state index in [4.69, 9.17) is 5.26 Å². The van der Waals surface area contributed by atoms with Crippen LogP contribution in [0.2, 0.25) is 0 Å². The summed E-state index contributed by atoms with van der Waals surface area (Å²) in [7, 11) is 0. The summed E-state index contributed by atoms with van der Waals surface area (Å²) >= 11 is 0. The molecule has 2 rings (SSSR count). The third-order valence-corrected chi connectivity index (χ3v) is 3.64. The molecule has 1 aromatic heterocycles. The number of aromatic nitrogens is 1. The highest BCUT2D eigenvalue weighted by Crippen LogP contribution is 2.17. The molecule has 1 heterocycles. The first-order valence-corrected chi connectivity index (χ1v) is 7.93. The molecule has 0 atom stereocenters. The summed E-state index contributed by atoms with van der Waals surface area (Å²) in [5, 5.41) is 16.0. The van der Waals surface area contributed by atoms with Crippen LogP contribution < -0.4 is 10.6 Å². The number of nitrogens with one attached hydrogen (secondary N) is 3. The molecule has 0 bridgehead atoms. The Labute approximate surface area is 136 Å². The maximum absolute atomic E-state index is 11.8. The average molecular weight is 310 g/mol. The second-order valence-corrected chi connectivity index (χ2v) is 5.34. The van der Waals surface area contributed by atoms with E-state index in [2.05, 4.69) is 28.6 Å². The van der Waals surface area contributed by atoms with Crippen molar-refractivity contribution in [2.45, 2.75) is 26.2 Å². The highest BCUT2D eigenvalue weighted by atomic mass is 16.1. The highest BCUT2D eigenvalue weighted by Gasteiger charge is 2.07. The smallest absolute Gasteiger partial charge is 0.263 e. The number of hydrogen-bond acceptors (Lipinski definition) is 3. The number of nitriles is 1. The van der Waals surface area contributed by atoms with Gasteiger partial charge in [-0.1, -0.05) is 31.5 Å². The molecule has 120 valence electrons. The number of amides is 1. The zero-order valence-corrected chi connectivity index (χ0v) is 13.4. The van der Waals surface area contributed by atoms with Crippen LogP contribution in [0.25, 0.3) is 10.9 Å². The van der Waals surface area contributed by atoms with Gasteiger partial charge in [0.05, 0.1) is 0 Å². The number of benzene rings is 1. The van der Waals surface area contributed by atoms with Crippen LogP contribution in [0.3, 0.4) is 0 Å². The van der Waals surface area contributed by atoms with Crippen molar-refractivity contribution >= 4 is 16.8 Å². The van der Waals surface area contributed by atoms with Crippen LogP contribution >= 0.6 is 0 Å². The molecule has 0 aliphatic rings. The number of rotatable bonds is 8. The molecule has 0 saturated carbocycles. The molecule has 1 amide bonds. The quantitative estimate of drug-likeness (QED) is 0.398. The van der Waals surface area contributed by atoms with E-state index in [9.17, 15) is 4.79 Å². The van der Waals surface area contributed by atoms with Gasteiger partial charge in [-0.15, -0.1) is 0 Å². The van der Waals surface area contributed by atoms with E-state index >= 15 is 0 Å². The second kappa shape index (κ2) is 8.64. The molecular formula is C18H22N4O. The molecule has 1 aromatic carbocycles. The Kier molecular flexibility index (Phi) is 6.25. The Balaban J connectivity index is 1.85. The lowest BCUT2D eigenvalue weighted by Gasteiger charge is -2.04. The fourth-order valence-corrected chi connectivity index (χ4v) is 2.34. The van der Waals surface area contributed by atoms with Crippen molar-refractivity contribution in [3.05, 3.63) is 47.8 Å². The molecule has 3 N–H and O–H groups in total. The summed E-state index contributed by atoms with van der Waals surface area (Å²) < 4.78 is 0. The Hall–Kier alpha value is -2.74. The monoisotopic (exact) mass is 310 g/mol. The number of fused-ring (bicyclic) bond motifs is 1. The minimum atomic E-state index is -0.319. The van der Waals surface area contributed by atoms with E-state index in [1.54, 1.807) is 0 Å². The zero-order chi connectivity index (χ0) is 16.5. The number of hydrogen-bond donors (Lipinski definition) is 3. The van der Waals surface area contributed by atoms with Crippen LogP contribution in [0.5, 0.6) is 0 Å². The van der Waals surface area contributed by atoms with Crippen molar-refractivity contribution in [2.24, 2.45) is 0 Å². The highest BCUT2D eigenvalue weighted by molar-refractivity contribution is 5.97. The van der Waals surface area contributed by atoms with E-state index < -0.39 is 0 Å². The predicted octanol–water partition coefficient (Wildman–Crippen LogP) is 2.62. The van der Waals surface area contributed by atoms with Crippen molar-refractivity contribution in [2.75, 3.05) is 13.1 Å². The van der Waals surface area contributed by atoms with Gasteiger partial charge >= 0.3 is 0 Å². The summed E-state index contributed by atoms with van der Waals surface area (Å²) in [5.41, 5.74) is 2.44. The molecule has 0 fully saturated rings. The molecule has 5 nitrogen and oxygen atoms in total. The summed E-state index contributed by atoms with van der Waals surface area (Å²) in [6.07, 6.45) is 6.23. The maximum atomic E-state index is 11.8. The molecule has 0 spiro atoms. The lowest BCUT2D eigenvalue weighted by Crippen LogP contribution is -2.26. The predicted molar refractivity (Wildman–Crippen MR) is 91.6 cm³/mol. The first-order chi connectivity index (χ1) is 11.3. The lowest BCUT2D eigenvalue weighted by molar-refractivity contribution is -0.117. The van der Waals surface area contributed by atoms with Crippen molar-refractivity contribution in [1.82, 2.24) is 15.6 Å². The molecule has 0 aliphatic heterocycles. The molecule has 23 heavy (non-hydrogen) atoms. The molecule has 0 radical (unpaired) electrons. The molecule has 0 aliphatic carbocycles. The fraction of sp³-hybridized carbons (Fsp3) is 0.333. The SMILES string of the molecule is CCCCNC(=O)/C(C#N)=C\NCCc1c[nH]c2ccccc12. The third kappa shape index (κ3) is 4.62. The number of aromatic amines is 1. The number of carbonyl (C=O) groups is 1. The van der Waals surface area contributed by atoms with E-state index in [-0.39, 0.29) is 11.5 Å². The van der Waals surface area contributed by atoms with Crippen LogP contribution in [-0.2, 0) is 11.2 Å². The number of para-hydroxylation sites is 1. The van der Waals surface area contributed by atoms with Crippen molar-refractivity contribution in [3.8, 4) is 6.07 Å². The molecule has 0 saturated heterocycles. The van der Waals surface area contributed by atoms with Gasteiger partial charge in [0, 0.05) is 36.4 Å². The van der Waals surface area contributed by atoms with Gasteiger partial charge in [0.1, 0.15) is 11.6 Å². The van der Waals surface area contributed by atoms with Crippen LogP contribution in [-0.4, -0.2) is 24.0 Å². The van der Waals surface area contributed by atoms with E-state index in [0.29, 0.717) is 13.1 Å². The second-order valence-electron chi connectivity index (χ2n) is 5.34. The first kappa shape index (κ1) is 16.6. The standard InChI is InChI=1S/C18H22N4O/c1-2-3-9-21-18(23)15(11-19)12-20-10-8-14-13-22-17-7-5-4-6-16(14)17/h4-7,12-13,20,22H,2-3,8-10H2,1H3,(H,21,23)/b15-12-. The van der Waals surface area contributed by atoms with Gasteiger partial charge < -0.3 is 15.6 Å². The Morgan fingerprint density at radius 2 is 2.17 bits per heavy atom. The molecule has 2 aromatic rings. The summed E-state index contributed by atoms with van der Waals surface area (Å²) in [4.78, 5) is 15.0. The van der Waals surface area contributed by atoms with E-state index in [1.807, 2.05) is 30.5 Å². The van der Waals surface area contributed by atoms with Crippen LogP contribution in [0.4, 0.5) is 0 Å². The van der Waals surface area contributed by atoms with Gasteiger partial charge in [0.25, 0.3) is 5.91 Å². The Morgan fingerprint density at radius 1 is 1.35 bits per heavy atom. The maximum Gasteiger partial charge on any atom is 0.263 e. The average Bonchev–Trinajstić information content (AvgIpc) is 2.98. The van der Waals surface area contributed by atoms with Gasteiger partial charge in [-0.25, -0.2) is 0 Å². The third-order valence-electron chi connectivity index (χ3n) is 3.64. The van der Waals surface area contributed by atoms with Gasteiger partial charge in [-0.3, -0.25) is 4.79 Å². The Bertz CT molecular complexity index is 724. The number of nitrogens with zero attached hydrogens (tertiary/aromatic N) is 1. The fourth-order valence-electron chi connectivity index (χ4n) is 2.34. The minimum Gasteiger partial charge on any atom is -0.389 e. The molecule has 5 heteroatoms. The van der Waals surface area contributed by atoms with Crippen LogP contribution in [0.1, 0.15) is 25.3 Å². The van der Waals surface area contributed by atoms with Gasteiger partial charge in [0.15, 0.2) is 0 Å². The summed E-state index contributed by atoms with van der Waals surface area (Å²) in [5.74, 6) is -0.319. The molecular weight excluding hydrogens is 288 g/mol. The van der Waals surface area contributed by atoms with Crippen LogP contribution in [0.15, 0.2) is 42.2 Å². The minimum absolute atomic E-state index is 0.111. The summed E-state index contributed by atoms with van der Waals surface area (Å²) in [6.45, 7) is 3.32. The Morgan fingerprint density at radius 3 is 2.96 bits per heavy atom.